The van der Waals surface area contributed by atoms with Gasteiger partial charge in [-0.15, -0.1) is 0 Å². The van der Waals surface area contributed by atoms with Crippen molar-refractivity contribution in [1.82, 2.24) is 4.90 Å². The molecule has 37 heavy (non-hydrogen) atoms. The second-order valence-corrected chi connectivity index (χ2v) is 10.4. The van der Waals surface area contributed by atoms with Crippen LogP contribution in [0.15, 0.2) is 30.3 Å². The summed E-state index contributed by atoms with van der Waals surface area (Å²) in [5.41, 5.74) is -0.294. The average Bonchev–Trinajstić information content (AvgIpc) is 2.88. The Bertz CT molecular complexity index is 707. The first-order chi connectivity index (χ1) is 17.9. The first-order valence-corrected chi connectivity index (χ1v) is 15.0. The third kappa shape index (κ3) is 17.4. The molecular formula is C32H52F3NO. The third-order valence-corrected chi connectivity index (χ3v) is 7.01. The van der Waals surface area contributed by atoms with Crippen molar-refractivity contribution < 1.29 is 18.0 Å². The molecule has 2 nitrogen and oxygen atoms in total. The lowest BCUT2D eigenvalue weighted by molar-refractivity contribution is -0.137. The molecule has 0 aliphatic carbocycles. The molecule has 0 aliphatic heterocycles. The van der Waals surface area contributed by atoms with Crippen molar-refractivity contribution in [2.75, 3.05) is 13.1 Å². The largest absolute Gasteiger partial charge is 0.416 e. The van der Waals surface area contributed by atoms with E-state index in [1.165, 1.54) is 108 Å². The monoisotopic (exact) mass is 523 g/mol. The van der Waals surface area contributed by atoms with Gasteiger partial charge in [-0.1, -0.05) is 129 Å². The second kappa shape index (κ2) is 21.2. The first kappa shape index (κ1) is 33.2. The molecule has 0 N–H and O–H groups in total. The Hall–Kier alpha value is -1.78. The number of amides is 1. The molecule has 0 aromatic heterocycles. The van der Waals surface area contributed by atoms with Crippen LogP contribution in [0.5, 0.6) is 0 Å². The Morgan fingerprint density at radius 1 is 0.703 bits per heavy atom. The molecule has 0 saturated carbocycles. The van der Waals surface area contributed by atoms with Crippen molar-refractivity contribution in [1.29, 1.82) is 0 Å². The van der Waals surface area contributed by atoms with Crippen LogP contribution in [0.4, 0.5) is 13.2 Å². The lowest BCUT2D eigenvalue weighted by Gasteiger charge is -2.21. The first-order valence-electron chi connectivity index (χ1n) is 15.0. The molecule has 1 rings (SSSR count). The number of hydrogen-bond acceptors (Lipinski definition) is 1. The molecule has 5 heteroatoms. The van der Waals surface area contributed by atoms with E-state index in [0.29, 0.717) is 5.56 Å². The highest BCUT2D eigenvalue weighted by Crippen LogP contribution is 2.29. The maximum absolute atomic E-state index is 13.0. The number of alkyl halides is 3. The molecule has 1 aromatic carbocycles. The lowest BCUT2D eigenvalue weighted by Crippen LogP contribution is -2.31. The van der Waals surface area contributed by atoms with E-state index in [1.807, 2.05) is 4.90 Å². The maximum Gasteiger partial charge on any atom is 0.416 e. The summed E-state index contributed by atoms with van der Waals surface area (Å²) >= 11 is 0. The summed E-state index contributed by atoms with van der Waals surface area (Å²) in [6.07, 6.45) is 20.7. The van der Waals surface area contributed by atoms with E-state index in [0.717, 1.165) is 50.9 Å². The molecule has 1 amide bonds. The average molecular weight is 524 g/mol. The number of carbonyl (C=O) groups is 1. The van der Waals surface area contributed by atoms with Crippen molar-refractivity contribution in [2.45, 2.75) is 136 Å². The second-order valence-electron chi connectivity index (χ2n) is 10.4. The number of unbranched alkanes of at least 4 members (excludes halogenated alkanes) is 16. The minimum Gasteiger partial charge on any atom is -0.339 e. The fraction of sp³-hybridized carbons (Fsp3) is 0.719. The highest BCUT2D eigenvalue weighted by Gasteiger charge is 2.30. The Kier molecular flexibility index (Phi) is 19.0. The number of hydrogen-bond donors (Lipinski definition) is 0. The SMILES string of the molecule is CCCCCCCCCCCN(CCCCCCCCCCC)C(=O)/C=C/c1cccc(C(F)(F)F)c1. The van der Waals surface area contributed by atoms with Gasteiger partial charge in [0.15, 0.2) is 0 Å². The highest BCUT2D eigenvalue weighted by atomic mass is 19.4. The van der Waals surface area contributed by atoms with Gasteiger partial charge < -0.3 is 4.90 Å². The molecule has 212 valence electrons. The molecule has 0 atom stereocenters. The molecule has 0 fully saturated rings. The molecule has 0 heterocycles. The van der Waals surface area contributed by atoms with Crippen LogP contribution >= 0.6 is 0 Å². The van der Waals surface area contributed by atoms with Crippen molar-refractivity contribution in [3.63, 3.8) is 0 Å². The Morgan fingerprint density at radius 3 is 1.57 bits per heavy atom. The number of rotatable bonds is 22. The van der Waals surface area contributed by atoms with Crippen LogP contribution in [0.1, 0.15) is 141 Å². The van der Waals surface area contributed by atoms with Crippen LogP contribution in [0.2, 0.25) is 0 Å². The van der Waals surface area contributed by atoms with Gasteiger partial charge in [-0.2, -0.15) is 13.2 Å². The van der Waals surface area contributed by atoms with Gasteiger partial charge in [0.25, 0.3) is 0 Å². The van der Waals surface area contributed by atoms with Crippen LogP contribution in [0, 0.1) is 0 Å². The zero-order chi connectivity index (χ0) is 27.2. The molecule has 0 saturated heterocycles. The number of halogens is 3. The molecule has 0 unspecified atom stereocenters. The summed E-state index contributed by atoms with van der Waals surface area (Å²) in [7, 11) is 0. The highest BCUT2D eigenvalue weighted by molar-refractivity contribution is 5.91. The van der Waals surface area contributed by atoms with Crippen LogP contribution in [-0.2, 0) is 11.0 Å². The van der Waals surface area contributed by atoms with Crippen molar-refractivity contribution in [3.05, 3.63) is 41.5 Å². The number of carbonyl (C=O) groups excluding carboxylic acids is 1. The van der Waals surface area contributed by atoms with Gasteiger partial charge in [0.1, 0.15) is 0 Å². The molecule has 0 radical (unpaired) electrons. The topological polar surface area (TPSA) is 20.3 Å². The summed E-state index contributed by atoms with van der Waals surface area (Å²) in [6.45, 7) is 5.91. The summed E-state index contributed by atoms with van der Waals surface area (Å²) < 4.78 is 39.0. The van der Waals surface area contributed by atoms with Crippen LogP contribution in [0.25, 0.3) is 6.08 Å². The van der Waals surface area contributed by atoms with Gasteiger partial charge in [-0.05, 0) is 36.6 Å². The third-order valence-electron chi connectivity index (χ3n) is 7.01. The van der Waals surface area contributed by atoms with Gasteiger partial charge in [0.05, 0.1) is 5.56 Å². The zero-order valence-electron chi connectivity index (χ0n) is 23.6. The van der Waals surface area contributed by atoms with Crippen molar-refractivity contribution >= 4 is 12.0 Å². The van der Waals surface area contributed by atoms with Gasteiger partial charge >= 0.3 is 6.18 Å². The Balaban J connectivity index is 2.50. The predicted octanol–water partition coefficient (Wildman–Crippen LogP) is 10.6. The standard InChI is InChI=1S/C32H52F3NO/c1-3-5-7-9-11-13-15-17-19-26-36(27-20-18-16-14-12-10-8-6-4-2)31(37)25-24-29-22-21-23-30(28-29)32(33,34)35/h21-25,28H,3-20,26-27H2,1-2H3/b25-24+. The molecule has 0 bridgehead atoms. The van der Waals surface area contributed by atoms with Gasteiger partial charge in [0.2, 0.25) is 5.91 Å². The molecule has 0 aliphatic rings. The summed E-state index contributed by atoms with van der Waals surface area (Å²) in [4.78, 5) is 14.8. The van der Waals surface area contributed by atoms with Crippen molar-refractivity contribution in [3.8, 4) is 0 Å². The van der Waals surface area contributed by atoms with E-state index in [2.05, 4.69) is 13.8 Å². The predicted molar refractivity (Wildman–Crippen MR) is 152 cm³/mol. The molecular weight excluding hydrogens is 471 g/mol. The fourth-order valence-electron chi connectivity index (χ4n) is 4.65. The van der Waals surface area contributed by atoms with E-state index < -0.39 is 11.7 Å². The zero-order valence-corrected chi connectivity index (χ0v) is 23.6. The number of benzene rings is 1. The van der Waals surface area contributed by atoms with Gasteiger partial charge in [-0.3, -0.25) is 4.79 Å². The maximum atomic E-state index is 13.0. The normalized spacial score (nSPS) is 11.9. The van der Waals surface area contributed by atoms with E-state index in [1.54, 1.807) is 6.07 Å². The van der Waals surface area contributed by atoms with Gasteiger partial charge in [-0.25, -0.2) is 0 Å². The van der Waals surface area contributed by atoms with E-state index in [4.69, 9.17) is 0 Å². The molecule has 1 aromatic rings. The van der Waals surface area contributed by atoms with Crippen LogP contribution < -0.4 is 0 Å². The summed E-state index contributed by atoms with van der Waals surface area (Å²) in [5, 5.41) is 0. The smallest absolute Gasteiger partial charge is 0.339 e. The minimum absolute atomic E-state index is 0.100. The van der Waals surface area contributed by atoms with Crippen LogP contribution in [0.3, 0.4) is 0 Å². The lowest BCUT2D eigenvalue weighted by atomic mass is 10.1. The van der Waals surface area contributed by atoms with E-state index >= 15 is 0 Å². The Morgan fingerprint density at radius 2 is 1.14 bits per heavy atom. The minimum atomic E-state index is -4.38. The molecule has 0 spiro atoms. The Labute approximate surface area is 225 Å². The quantitative estimate of drug-likeness (QED) is 0.109. The number of nitrogens with zero attached hydrogens (tertiary/aromatic N) is 1. The van der Waals surface area contributed by atoms with E-state index in [9.17, 15) is 18.0 Å². The fourth-order valence-corrected chi connectivity index (χ4v) is 4.65. The summed E-state index contributed by atoms with van der Waals surface area (Å²) in [5.74, 6) is -0.100. The van der Waals surface area contributed by atoms with Crippen LogP contribution in [-0.4, -0.2) is 23.9 Å². The van der Waals surface area contributed by atoms with Crippen molar-refractivity contribution in [2.24, 2.45) is 0 Å². The summed E-state index contributed by atoms with van der Waals surface area (Å²) in [6, 6.07) is 5.13. The van der Waals surface area contributed by atoms with E-state index in [-0.39, 0.29) is 5.91 Å². The van der Waals surface area contributed by atoms with Gasteiger partial charge in [0, 0.05) is 19.2 Å².